The Morgan fingerprint density at radius 3 is 2.48 bits per heavy atom. The van der Waals surface area contributed by atoms with E-state index in [-0.39, 0.29) is 5.57 Å². The first-order valence-electron chi connectivity index (χ1n) is 6.64. The largest absolute Gasteiger partial charge is 0.369 e. The molecule has 5 nitrogen and oxygen atoms in total. The third kappa shape index (κ3) is 3.88. The van der Waals surface area contributed by atoms with Crippen molar-refractivity contribution in [2.45, 2.75) is 0 Å². The molecule has 0 amide bonds. The van der Waals surface area contributed by atoms with Crippen LogP contribution in [0.5, 0.6) is 0 Å². The molecule has 1 aliphatic rings. The maximum absolute atomic E-state index is 8.68. The first kappa shape index (κ1) is 15.2. The molecule has 1 heterocycles. The van der Waals surface area contributed by atoms with E-state index >= 15 is 0 Å². The van der Waals surface area contributed by atoms with Gasteiger partial charge in [0.1, 0.15) is 17.7 Å². The molecule has 0 aliphatic carbocycles. The number of nitrogens with zero attached hydrogens (tertiary/aromatic N) is 4. The number of rotatable bonds is 3. The van der Waals surface area contributed by atoms with Crippen LogP contribution in [0.3, 0.4) is 0 Å². The van der Waals surface area contributed by atoms with E-state index in [4.69, 9.17) is 22.1 Å². The molecule has 2 rings (SSSR count). The number of hydrogen-bond donors (Lipinski definition) is 1. The molecule has 0 radical (unpaired) electrons. The number of piperazine rings is 1. The number of allylic oxidation sites excluding steroid dienone is 1. The summed E-state index contributed by atoms with van der Waals surface area (Å²) in [6.07, 6.45) is 1.36. The Kier molecular flexibility index (Phi) is 5.05. The van der Waals surface area contributed by atoms with E-state index < -0.39 is 0 Å². The van der Waals surface area contributed by atoms with Crippen molar-refractivity contribution in [2.24, 2.45) is 0 Å². The Hall–Kier alpha value is -2.21. The summed E-state index contributed by atoms with van der Waals surface area (Å²) in [6.45, 7) is 4.03. The summed E-state index contributed by atoms with van der Waals surface area (Å²) in [5, 5.41) is 20.8. The molecule has 6 heteroatoms. The molecule has 108 valence electrons. The molecule has 21 heavy (non-hydrogen) atoms. The van der Waals surface area contributed by atoms with Crippen LogP contribution in [-0.2, 0) is 0 Å². The third-order valence-electron chi connectivity index (χ3n) is 3.43. The van der Waals surface area contributed by atoms with Gasteiger partial charge in [-0.05, 0) is 25.2 Å². The van der Waals surface area contributed by atoms with Crippen molar-refractivity contribution in [3.05, 3.63) is 35.0 Å². The number of nitrogens with one attached hydrogen (secondary N) is 1. The molecule has 0 aromatic heterocycles. The van der Waals surface area contributed by atoms with Crippen molar-refractivity contribution in [1.82, 2.24) is 4.90 Å². The number of likely N-dealkylation sites (N-methyl/N-ethyl adjacent to an activating group) is 1. The van der Waals surface area contributed by atoms with Crippen LogP contribution in [0.4, 0.5) is 11.4 Å². The summed E-state index contributed by atoms with van der Waals surface area (Å²) in [5.41, 5.74) is 1.77. The molecule has 0 spiro atoms. The minimum atomic E-state index is 0.00853. The summed E-state index contributed by atoms with van der Waals surface area (Å²) < 4.78 is 0. The van der Waals surface area contributed by atoms with Crippen LogP contribution in [0.15, 0.2) is 30.0 Å². The smallest absolute Gasteiger partial charge is 0.145 e. The lowest BCUT2D eigenvalue weighted by atomic mass is 10.2. The summed E-state index contributed by atoms with van der Waals surface area (Å²) in [4.78, 5) is 4.59. The normalized spacial score (nSPS) is 15.0. The summed E-state index contributed by atoms with van der Waals surface area (Å²) in [7, 11) is 2.12. The van der Waals surface area contributed by atoms with Crippen LogP contribution in [0.25, 0.3) is 0 Å². The predicted octanol–water partition coefficient (Wildman–Crippen LogP) is 2.43. The molecule has 1 aromatic carbocycles. The van der Waals surface area contributed by atoms with Crippen LogP contribution in [0, 0.1) is 22.7 Å². The molecule has 1 aliphatic heterocycles. The quantitative estimate of drug-likeness (QED) is 0.869. The molecule has 0 unspecified atom stereocenters. The van der Waals surface area contributed by atoms with Gasteiger partial charge < -0.3 is 15.1 Å². The molecular formula is C15H16ClN5. The van der Waals surface area contributed by atoms with Crippen LogP contribution in [0.1, 0.15) is 0 Å². The van der Waals surface area contributed by atoms with Crippen molar-refractivity contribution < 1.29 is 0 Å². The topological polar surface area (TPSA) is 66.1 Å². The van der Waals surface area contributed by atoms with E-state index in [2.05, 4.69) is 22.2 Å². The van der Waals surface area contributed by atoms with Gasteiger partial charge >= 0.3 is 0 Å². The van der Waals surface area contributed by atoms with E-state index in [0.717, 1.165) is 31.9 Å². The minimum absolute atomic E-state index is 0.00853. The molecule has 0 bridgehead atoms. The molecule has 0 atom stereocenters. The molecule has 1 saturated heterocycles. The molecule has 1 aromatic rings. The van der Waals surface area contributed by atoms with Crippen LogP contribution >= 0.6 is 11.6 Å². The second-order valence-corrected chi connectivity index (χ2v) is 5.29. The van der Waals surface area contributed by atoms with Gasteiger partial charge in [0.05, 0.1) is 10.7 Å². The Bertz CT molecular complexity index is 602. The summed E-state index contributed by atoms with van der Waals surface area (Å²) in [5.74, 6) is 0. The van der Waals surface area contributed by atoms with Gasteiger partial charge in [0.25, 0.3) is 0 Å². The highest BCUT2D eigenvalue weighted by Crippen LogP contribution is 2.28. The van der Waals surface area contributed by atoms with Crippen molar-refractivity contribution >= 4 is 23.0 Å². The van der Waals surface area contributed by atoms with Gasteiger partial charge in [-0.1, -0.05) is 11.6 Å². The second kappa shape index (κ2) is 6.99. The summed E-state index contributed by atoms with van der Waals surface area (Å²) >= 11 is 6.25. The number of nitriles is 2. The van der Waals surface area contributed by atoms with E-state index in [1.165, 1.54) is 6.20 Å². The van der Waals surface area contributed by atoms with E-state index in [0.29, 0.717) is 10.7 Å². The average Bonchev–Trinajstić information content (AvgIpc) is 2.50. The third-order valence-corrected chi connectivity index (χ3v) is 3.75. The van der Waals surface area contributed by atoms with Gasteiger partial charge in [0.2, 0.25) is 0 Å². The highest BCUT2D eigenvalue weighted by atomic mass is 35.5. The van der Waals surface area contributed by atoms with E-state index in [1.807, 2.05) is 18.2 Å². The maximum Gasteiger partial charge on any atom is 0.145 e. The van der Waals surface area contributed by atoms with Crippen LogP contribution in [0.2, 0.25) is 5.02 Å². The van der Waals surface area contributed by atoms with Gasteiger partial charge in [0.15, 0.2) is 0 Å². The van der Waals surface area contributed by atoms with Crippen LogP contribution in [-0.4, -0.2) is 38.1 Å². The van der Waals surface area contributed by atoms with Crippen molar-refractivity contribution in [2.75, 3.05) is 43.4 Å². The van der Waals surface area contributed by atoms with Crippen molar-refractivity contribution in [3.63, 3.8) is 0 Å². The second-order valence-electron chi connectivity index (χ2n) is 4.88. The fourth-order valence-corrected chi connectivity index (χ4v) is 2.35. The Labute approximate surface area is 129 Å². The van der Waals surface area contributed by atoms with Gasteiger partial charge in [0, 0.05) is 38.1 Å². The summed E-state index contributed by atoms with van der Waals surface area (Å²) in [6, 6.07) is 9.34. The number of hydrogen-bond acceptors (Lipinski definition) is 5. The van der Waals surface area contributed by atoms with Gasteiger partial charge in [-0.25, -0.2) is 0 Å². The fourth-order valence-electron chi connectivity index (χ4n) is 2.12. The molecule has 1 fully saturated rings. The van der Waals surface area contributed by atoms with Crippen molar-refractivity contribution in [1.29, 1.82) is 10.5 Å². The van der Waals surface area contributed by atoms with E-state index in [9.17, 15) is 0 Å². The average molecular weight is 302 g/mol. The van der Waals surface area contributed by atoms with Gasteiger partial charge in [-0.2, -0.15) is 10.5 Å². The Morgan fingerprint density at radius 1 is 1.24 bits per heavy atom. The molecule has 0 saturated carbocycles. The molecular weight excluding hydrogens is 286 g/mol. The highest BCUT2D eigenvalue weighted by molar-refractivity contribution is 6.33. The maximum atomic E-state index is 8.68. The zero-order valence-corrected chi connectivity index (χ0v) is 12.6. The zero-order valence-electron chi connectivity index (χ0n) is 11.8. The lowest BCUT2D eigenvalue weighted by molar-refractivity contribution is 0.313. The predicted molar refractivity (Wildman–Crippen MR) is 84.1 cm³/mol. The lowest BCUT2D eigenvalue weighted by Gasteiger charge is -2.34. The Morgan fingerprint density at radius 2 is 1.90 bits per heavy atom. The zero-order chi connectivity index (χ0) is 15.2. The first-order valence-corrected chi connectivity index (χ1v) is 7.02. The van der Waals surface area contributed by atoms with Crippen molar-refractivity contribution in [3.8, 4) is 12.1 Å². The van der Waals surface area contributed by atoms with E-state index in [1.54, 1.807) is 12.1 Å². The van der Waals surface area contributed by atoms with Gasteiger partial charge in [-0.3, -0.25) is 0 Å². The fraction of sp³-hybridized carbons (Fsp3) is 0.333. The first-order chi connectivity index (χ1) is 10.1. The van der Waals surface area contributed by atoms with Crippen LogP contribution < -0.4 is 10.2 Å². The lowest BCUT2D eigenvalue weighted by Crippen LogP contribution is -2.44. The number of benzene rings is 1. The SMILES string of the molecule is CN1CCN(c2ccc(NC=C(C#N)C#N)c(Cl)c2)CC1. The van der Waals surface area contributed by atoms with Gasteiger partial charge in [-0.15, -0.1) is 0 Å². The number of halogens is 1. The highest BCUT2D eigenvalue weighted by Gasteiger charge is 2.15. The Balaban J connectivity index is 2.10. The standard InChI is InChI=1S/C15H16ClN5/c1-20-4-6-21(7-5-20)13-2-3-15(14(16)8-13)19-11-12(9-17)10-18/h2-3,8,11,19H,4-7H2,1H3. The monoisotopic (exact) mass is 301 g/mol. The number of anilines is 2. The molecule has 1 N–H and O–H groups in total. The minimum Gasteiger partial charge on any atom is -0.369 e.